The second-order valence-corrected chi connectivity index (χ2v) is 12.4. The Morgan fingerprint density at radius 1 is 1.16 bits per heavy atom. The van der Waals surface area contributed by atoms with E-state index in [2.05, 4.69) is 21.7 Å². The molecule has 0 bridgehead atoms. The Hall–Kier alpha value is -4.54. The van der Waals surface area contributed by atoms with Gasteiger partial charge in [-0.2, -0.15) is 5.10 Å². The Bertz CT molecular complexity index is 1870. The number of hydrogen-bond donors (Lipinski definition) is 3. The highest BCUT2D eigenvalue weighted by Crippen LogP contribution is 2.41. The molecule has 0 fully saturated rings. The first kappa shape index (κ1) is 31.4. The van der Waals surface area contributed by atoms with Crippen molar-refractivity contribution in [3.63, 3.8) is 0 Å². The molecular formula is C30H31F2N5O5S. The quantitative estimate of drug-likeness (QED) is 0.245. The molecule has 2 heterocycles. The van der Waals surface area contributed by atoms with Crippen molar-refractivity contribution < 1.29 is 31.8 Å². The van der Waals surface area contributed by atoms with E-state index in [-0.39, 0.29) is 29.9 Å². The number of amides is 1. The number of hydrogen-bond acceptors (Lipinski definition) is 7. The first-order chi connectivity index (χ1) is 20.0. The number of nitrogens with zero attached hydrogens (tertiary/aromatic N) is 3. The standard InChI is InChI=1S/C30H31F2N5O5S/c1-30(2,39)11-10-21-6-7-22(27(34-21)18(15-25(33)38)12-17-13-19(31)16-20(32)14-17)23-8-9-24(42-4)26-28(23)37(3)35-29(26)36-43(5,40)41/h6-9,13-14,16,18,39H,12,15H2,1-5H3,(H2,33,38)(H,35,36)/t18-/m0/s1. The number of methoxy groups -OCH3 is 1. The summed E-state index contributed by atoms with van der Waals surface area (Å²) in [5.41, 5.74) is 6.76. The van der Waals surface area contributed by atoms with Gasteiger partial charge in [-0.25, -0.2) is 22.2 Å². The molecule has 0 aliphatic carbocycles. The second kappa shape index (κ2) is 12.0. The number of ether oxygens (including phenoxy) is 1. The molecule has 0 spiro atoms. The van der Waals surface area contributed by atoms with Crippen LogP contribution in [0.4, 0.5) is 14.6 Å². The minimum Gasteiger partial charge on any atom is -0.496 e. The van der Waals surface area contributed by atoms with Gasteiger partial charge in [0.05, 0.1) is 30.0 Å². The fourth-order valence-corrected chi connectivity index (χ4v) is 5.34. The molecule has 13 heteroatoms. The molecule has 0 radical (unpaired) electrons. The van der Waals surface area contributed by atoms with E-state index < -0.39 is 39.1 Å². The lowest BCUT2D eigenvalue weighted by atomic mass is 9.87. The predicted molar refractivity (Wildman–Crippen MR) is 159 cm³/mol. The largest absolute Gasteiger partial charge is 0.496 e. The van der Waals surface area contributed by atoms with E-state index in [9.17, 15) is 27.1 Å². The summed E-state index contributed by atoms with van der Waals surface area (Å²) in [5, 5.41) is 14.9. The summed E-state index contributed by atoms with van der Waals surface area (Å²) in [7, 11) is -0.630. The van der Waals surface area contributed by atoms with E-state index in [1.165, 1.54) is 37.8 Å². The number of aryl methyl sites for hydroxylation is 1. The van der Waals surface area contributed by atoms with Crippen LogP contribution < -0.4 is 15.2 Å². The van der Waals surface area contributed by atoms with Gasteiger partial charge in [0.25, 0.3) is 0 Å². The van der Waals surface area contributed by atoms with Crippen LogP contribution in [-0.2, 0) is 28.3 Å². The summed E-state index contributed by atoms with van der Waals surface area (Å²) in [6, 6.07) is 9.82. The van der Waals surface area contributed by atoms with Crippen LogP contribution in [0.5, 0.6) is 5.75 Å². The van der Waals surface area contributed by atoms with Gasteiger partial charge in [-0.15, -0.1) is 0 Å². The number of pyridine rings is 1. The van der Waals surface area contributed by atoms with Crippen molar-refractivity contribution in [2.75, 3.05) is 18.1 Å². The number of aromatic nitrogens is 3. The third-order valence-electron chi connectivity index (χ3n) is 6.40. The average molecular weight is 612 g/mol. The molecule has 226 valence electrons. The summed E-state index contributed by atoms with van der Waals surface area (Å²) < 4.78 is 61.9. The fraction of sp³-hybridized carbons (Fsp3) is 0.300. The molecule has 1 amide bonds. The maximum absolute atomic E-state index is 14.1. The molecule has 2 aromatic heterocycles. The molecule has 4 aromatic rings. The normalized spacial score (nSPS) is 12.5. The second-order valence-electron chi connectivity index (χ2n) is 10.7. The minimum absolute atomic E-state index is 0.00552. The van der Waals surface area contributed by atoms with Gasteiger partial charge in [0.15, 0.2) is 5.82 Å². The molecule has 0 aliphatic rings. The Morgan fingerprint density at radius 2 is 1.81 bits per heavy atom. The number of benzene rings is 2. The number of carbonyl (C=O) groups is 1. The van der Waals surface area contributed by atoms with Crippen molar-refractivity contribution in [3.8, 4) is 28.7 Å². The van der Waals surface area contributed by atoms with Gasteiger partial charge >= 0.3 is 0 Å². The van der Waals surface area contributed by atoms with Crippen molar-refractivity contribution in [1.29, 1.82) is 0 Å². The van der Waals surface area contributed by atoms with Crippen molar-refractivity contribution in [2.45, 2.75) is 38.2 Å². The van der Waals surface area contributed by atoms with Gasteiger partial charge in [0.2, 0.25) is 15.9 Å². The van der Waals surface area contributed by atoms with E-state index in [0.717, 1.165) is 12.3 Å². The molecule has 1 atom stereocenters. The summed E-state index contributed by atoms with van der Waals surface area (Å²) in [4.78, 5) is 17.0. The third-order valence-corrected chi connectivity index (χ3v) is 6.97. The molecule has 43 heavy (non-hydrogen) atoms. The number of aliphatic hydroxyl groups is 1. The summed E-state index contributed by atoms with van der Waals surface area (Å²) in [6.45, 7) is 3.03. The zero-order chi connectivity index (χ0) is 31.7. The van der Waals surface area contributed by atoms with E-state index in [0.29, 0.717) is 33.5 Å². The Kier molecular flexibility index (Phi) is 8.75. The number of nitrogens with one attached hydrogen (secondary N) is 1. The summed E-state index contributed by atoms with van der Waals surface area (Å²) in [5.74, 6) is 2.96. The fourth-order valence-electron chi connectivity index (χ4n) is 4.84. The first-order valence-corrected chi connectivity index (χ1v) is 15.0. The van der Waals surface area contributed by atoms with Crippen molar-refractivity contribution in [1.82, 2.24) is 14.8 Å². The molecule has 0 aliphatic heterocycles. The smallest absolute Gasteiger partial charge is 0.231 e. The van der Waals surface area contributed by atoms with E-state index in [1.54, 1.807) is 31.3 Å². The Balaban J connectivity index is 2.02. The molecular weight excluding hydrogens is 580 g/mol. The SMILES string of the molecule is COc1ccc(-c2ccc(C#CC(C)(C)O)nc2[C@H](CC(N)=O)Cc2cc(F)cc(F)c2)c2c1c(NS(C)(=O)=O)nn2C. The lowest BCUT2D eigenvalue weighted by molar-refractivity contribution is -0.118. The van der Waals surface area contributed by atoms with Crippen LogP contribution >= 0.6 is 0 Å². The number of primary amides is 1. The van der Waals surface area contributed by atoms with Gasteiger partial charge < -0.3 is 15.6 Å². The van der Waals surface area contributed by atoms with Gasteiger partial charge in [0, 0.05) is 36.6 Å². The molecule has 10 nitrogen and oxygen atoms in total. The molecule has 2 aromatic carbocycles. The first-order valence-electron chi connectivity index (χ1n) is 13.1. The van der Waals surface area contributed by atoms with Crippen LogP contribution in [0.3, 0.4) is 0 Å². The zero-order valence-electron chi connectivity index (χ0n) is 24.2. The van der Waals surface area contributed by atoms with Gasteiger partial charge in [-0.1, -0.05) is 5.92 Å². The predicted octanol–water partition coefficient (Wildman–Crippen LogP) is 3.62. The highest BCUT2D eigenvalue weighted by molar-refractivity contribution is 7.92. The Morgan fingerprint density at radius 3 is 2.40 bits per heavy atom. The molecule has 0 saturated carbocycles. The van der Waals surface area contributed by atoms with Crippen LogP contribution in [-0.4, -0.2) is 53.2 Å². The van der Waals surface area contributed by atoms with Crippen LogP contribution in [0.15, 0.2) is 42.5 Å². The van der Waals surface area contributed by atoms with E-state index in [1.807, 2.05) is 0 Å². The van der Waals surface area contributed by atoms with Crippen LogP contribution in [0, 0.1) is 23.5 Å². The molecule has 4 N–H and O–H groups in total. The van der Waals surface area contributed by atoms with Crippen molar-refractivity contribution >= 4 is 32.7 Å². The van der Waals surface area contributed by atoms with Gasteiger partial charge in [-0.3, -0.25) is 14.2 Å². The summed E-state index contributed by atoms with van der Waals surface area (Å²) in [6.07, 6.45) is 0.792. The number of nitrogens with two attached hydrogens (primary N) is 1. The van der Waals surface area contributed by atoms with Crippen LogP contribution in [0.2, 0.25) is 0 Å². The number of rotatable bonds is 9. The molecule has 4 rings (SSSR count). The lowest BCUT2D eigenvalue weighted by Gasteiger charge is -2.20. The topological polar surface area (TPSA) is 149 Å². The highest BCUT2D eigenvalue weighted by Gasteiger charge is 2.26. The third kappa shape index (κ3) is 7.65. The lowest BCUT2D eigenvalue weighted by Crippen LogP contribution is -2.19. The van der Waals surface area contributed by atoms with Crippen LogP contribution in [0.25, 0.3) is 22.0 Å². The Labute approximate surface area is 247 Å². The number of fused-ring (bicyclic) bond motifs is 1. The van der Waals surface area contributed by atoms with Crippen molar-refractivity contribution in [2.24, 2.45) is 12.8 Å². The number of anilines is 1. The zero-order valence-corrected chi connectivity index (χ0v) is 25.0. The number of carbonyl (C=O) groups excluding carboxylic acids is 1. The van der Waals surface area contributed by atoms with E-state index >= 15 is 0 Å². The molecule has 0 unspecified atom stereocenters. The maximum atomic E-state index is 14.1. The highest BCUT2D eigenvalue weighted by atomic mass is 32.2. The van der Waals surface area contributed by atoms with Gasteiger partial charge in [0.1, 0.15) is 28.7 Å². The number of sulfonamides is 1. The van der Waals surface area contributed by atoms with Crippen LogP contribution in [0.1, 0.15) is 43.1 Å². The average Bonchev–Trinajstić information content (AvgIpc) is 3.19. The molecule has 0 saturated heterocycles. The van der Waals surface area contributed by atoms with E-state index in [4.69, 9.17) is 15.5 Å². The number of halogens is 2. The van der Waals surface area contributed by atoms with Gasteiger partial charge in [-0.05, 0) is 68.2 Å². The maximum Gasteiger partial charge on any atom is 0.231 e. The van der Waals surface area contributed by atoms with Crippen molar-refractivity contribution in [3.05, 3.63) is 71.1 Å². The minimum atomic E-state index is -3.70. The summed E-state index contributed by atoms with van der Waals surface area (Å²) >= 11 is 0. The monoisotopic (exact) mass is 611 g/mol.